The van der Waals surface area contributed by atoms with E-state index in [9.17, 15) is 14.4 Å². The number of ether oxygens (including phenoxy) is 3. The molecule has 0 spiro atoms. The minimum absolute atomic E-state index is 0.0797. The minimum atomic E-state index is -0.786. The lowest BCUT2D eigenvalue weighted by atomic mass is 10.0. The van der Waals surface area contributed by atoms with Gasteiger partial charge in [0.05, 0.1) is 0 Å². The smallest absolute Gasteiger partial charge is 0.306 e. The Labute approximate surface area is 503 Å². The second-order valence-corrected chi connectivity index (χ2v) is 23.8. The number of carbonyl (C=O) groups is 3. The molecule has 0 fully saturated rings. The first-order valence-corrected chi connectivity index (χ1v) is 35.4. The Morgan fingerprint density at radius 1 is 0.247 bits per heavy atom. The van der Waals surface area contributed by atoms with E-state index in [0.717, 1.165) is 89.9 Å². The summed E-state index contributed by atoms with van der Waals surface area (Å²) in [6, 6.07) is 0. The summed E-state index contributed by atoms with van der Waals surface area (Å²) >= 11 is 0. The second kappa shape index (κ2) is 69.3. The molecule has 0 radical (unpaired) electrons. The molecule has 81 heavy (non-hydrogen) atoms. The van der Waals surface area contributed by atoms with Crippen LogP contribution >= 0.6 is 0 Å². The van der Waals surface area contributed by atoms with Crippen molar-refractivity contribution in [1.82, 2.24) is 0 Å². The summed E-state index contributed by atoms with van der Waals surface area (Å²) in [5, 5.41) is 0. The van der Waals surface area contributed by atoms with Gasteiger partial charge in [-0.3, -0.25) is 14.4 Å². The Balaban J connectivity index is 4.32. The van der Waals surface area contributed by atoms with Crippen molar-refractivity contribution in [3.05, 3.63) is 72.9 Å². The Bertz CT molecular complexity index is 1490. The zero-order valence-electron chi connectivity index (χ0n) is 54.1. The number of allylic oxidation sites excluding steroid dienone is 12. The zero-order chi connectivity index (χ0) is 58.5. The molecule has 0 amide bonds. The SMILES string of the molecule is CCCCC/C=C\C/C=C\C/C=C\CCCCCCCCC(=O)OC(COC(=O)CCCCCCCCC/C=C\CCCCCCCC)COC(=O)CCCCCCCCCCCCCCCCC/C=C\C/C=C\CCCCCCC. The van der Waals surface area contributed by atoms with Crippen molar-refractivity contribution in [2.45, 2.75) is 374 Å². The molecule has 0 saturated carbocycles. The highest BCUT2D eigenvalue weighted by molar-refractivity contribution is 5.71. The molecule has 6 heteroatoms. The summed E-state index contributed by atoms with van der Waals surface area (Å²) in [4.78, 5) is 38.5. The highest BCUT2D eigenvalue weighted by atomic mass is 16.6. The highest BCUT2D eigenvalue weighted by Crippen LogP contribution is 2.17. The molecule has 0 aromatic rings. The lowest BCUT2D eigenvalue weighted by molar-refractivity contribution is -0.167. The van der Waals surface area contributed by atoms with E-state index in [1.54, 1.807) is 0 Å². The maximum absolute atomic E-state index is 12.9. The van der Waals surface area contributed by atoms with Crippen molar-refractivity contribution in [3.8, 4) is 0 Å². The molecule has 1 atom stereocenters. The van der Waals surface area contributed by atoms with Crippen LogP contribution in [0.25, 0.3) is 0 Å². The Hall–Kier alpha value is -3.15. The first-order valence-electron chi connectivity index (χ1n) is 35.4. The molecule has 0 heterocycles. The molecule has 0 aliphatic rings. The van der Waals surface area contributed by atoms with Crippen LogP contribution in [0.2, 0.25) is 0 Å². The lowest BCUT2D eigenvalue weighted by Crippen LogP contribution is -2.30. The lowest BCUT2D eigenvalue weighted by Gasteiger charge is -2.18. The van der Waals surface area contributed by atoms with E-state index in [2.05, 4.69) is 93.7 Å². The minimum Gasteiger partial charge on any atom is -0.462 e. The van der Waals surface area contributed by atoms with Gasteiger partial charge in [0, 0.05) is 19.3 Å². The van der Waals surface area contributed by atoms with E-state index in [1.165, 1.54) is 238 Å². The van der Waals surface area contributed by atoms with Crippen LogP contribution in [0.5, 0.6) is 0 Å². The largest absolute Gasteiger partial charge is 0.462 e. The van der Waals surface area contributed by atoms with Crippen LogP contribution in [0.15, 0.2) is 72.9 Å². The number of hydrogen-bond donors (Lipinski definition) is 0. The van der Waals surface area contributed by atoms with Crippen LogP contribution in [0.4, 0.5) is 0 Å². The molecule has 0 bridgehead atoms. The van der Waals surface area contributed by atoms with Crippen LogP contribution in [0.3, 0.4) is 0 Å². The van der Waals surface area contributed by atoms with Gasteiger partial charge in [0.1, 0.15) is 13.2 Å². The van der Waals surface area contributed by atoms with Crippen molar-refractivity contribution in [2.24, 2.45) is 0 Å². The molecule has 1 unspecified atom stereocenters. The fourth-order valence-corrected chi connectivity index (χ4v) is 10.3. The Morgan fingerprint density at radius 2 is 0.444 bits per heavy atom. The third kappa shape index (κ3) is 67.5. The first-order chi connectivity index (χ1) is 40.0. The summed E-state index contributed by atoms with van der Waals surface area (Å²) in [5.74, 6) is -0.877. The van der Waals surface area contributed by atoms with E-state index in [1.807, 2.05) is 0 Å². The van der Waals surface area contributed by atoms with Gasteiger partial charge in [-0.15, -0.1) is 0 Å². The van der Waals surface area contributed by atoms with E-state index in [-0.39, 0.29) is 31.1 Å². The molecule has 0 N–H and O–H groups in total. The summed E-state index contributed by atoms with van der Waals surface area (Å²) in [6.45, 7) is 6.64. The summed E-state index contributed by atoms with van der Waals surface area (Å²) < 4.78 is 17.0. The summed E-state index contributed by atoms with van der Waals surface area (Å²) in [7, 11) is 0. The monoisotopic (exact) mass is 1130 g/mol. The van der Waals surface area contributed by atoms with E-state index in [0.29, 0.717) is 19.3 Å². The van der Waals surface area contributed by atoms with Crippen LogP contribution in [-0.4, -0.2) is 37.2 Å². The number of rotatable bonds is 65. The van der Waals surface area contributed by atoms with Gasteiger partial charge in [0.25, 0.3) is 0 Å². The second-order valence-electron chi connectivity index (χ2n) is 23.8. The van der Waals surface area contributed by atoms with Crippen LogP contribution < -0.4 is 0 Å². The topological polar surface area (TPSA) is 78.9 Å². The maximum atomic E-state index is 12.9. The Kier molecular flexibility index (Phi) is 66.6. The van der Waals surface area contributed by atoms with Gasteiger partial charge >= 0.3 is 17.9 Å². The summed E-state index contributed by atoms with van der Waals surface area (Å²) in [5.41, 5.74) is 0. The van der Waals surface area contributed by atoms with Gasteiger partial charge in [-0.1, -0.05) is 306 Å². The summed E-state index contributed by atoms with van der Waals surface area (Å²) in [6.07, 6.45) is 90.6. The average Bonchev–Trinajstić information content (AvgIpc) is 3.47. The molecule has 0 aliphatic heterocycles. The van der Waals surface area contributed by atoms with Gasteiger partial charge in [-0.25, -0.2) is 0 Å². The third-order valence-electron chi connectivity index (χ3n) is 15.7. The molecule has 0 saturated heterocycles. The van der Waals surface area contributed by atoms with Gasteiger partial charge in [-0.2, -0.15) is 0 Å². The van der Waals surface area contributed by atoms with Gasteiger partial charge in [-0.05, 0) is 116 Å². The predicted octanol–water partition coefficient (Wildman–Crippen LogP) is 24.4. The number of hydrogen-bond acceptors (Lipinski definition) is 6. The first kappa shape index (κ1) is 77.9. The standard InChI is InChI=1S/C75H134O6/c1-4-7-10-13-16-19-22-25-28-31-33-34-35-36-37-38-39-40-42-44-47-50-53-56-59-62-65-68-74(77)80-71-72(70-79-73(76)67-64-61-58-55-52-49-46-43-30-27-24-21-18-15-12-9-6-3)81-75(78)69-66-63-60-57-54-51-48-45-41-32-29-26-23-20-17-14-11-8-5-2/h17,20,22,25-27,29-31,33,41,45,72H,4-16,18-19,21,23-24,28,32,34-40,42-44,46-71H2,1-3H3/b20-17-,25-22-,29-26-,30-27-,33-31-,45-41-. The Morgan fingerprint density at radius 3 is 0.728 bits per heavy atom. The van der Waals surface area contributed by atoms with Crippen molar-refractivity contribution in [1.29, 1.82) is 0 Å². The van der Waals surface area contributed by atoms with E-state index < -0.39 is 6.10 Å². The average molecular weight is 1130 g/mol. The fourth-order valence-electron chi connectivity index (χ4n) is 10.3. The van der Waals surface area contributed by atoms with Crippen molar-refractivity contribution < 1.29 is 28.6 Å². The molecule has 6 nitrogen and oxygen atoms in total. The van der Waals surface area contributed by atoms with Crippen molar-refractivity contribution in [3.63, 3.8) is 0 Å². The van der Waals surface area contributed by atoms with Crippen molar-refractivity contribution >= 4 is 17.9 Å². The van der Waals surface area contributed by atoms with Crippen LogP contribution in [0.1, 0.15) is 367 Å². The van der Waals surface area contributed by atoms with Crippen molar-refractivity contribution in [2.75, 3.05) is 13.2 Å². The van der Waals surface area contributed by atoms with Crippen LogP contribution in [0, 0.1) is 0 Å². The zero-order valence-corrected chi connectivity index (χ0v) is 54.1. The third-order valence-corrected chi connectivity index (χ3v) is 15.7. The number of unbranched alkanes of at least 4 members (excludes halogenated alkanes) is 42. The predicted molar refractivity (Wildman–Crippen MR) is 353 cm³/mol. The maximum Gasteiger partial charge on any atom is 0.306 e. The van der Waals surface area contributed by atoms with E-state index >= 15 is 0 Å². The van der Waals surface area contributed by atoms with E-state index in [4.69, 9.17) is 14.2 Å². The van der Waals surface area contributed by atoms with Gasteiger partial charge in [0.2, 0.25) is 0 Å². The fraction of sp³-hybridized carbons (Fsp3) is 0.800. The highest BCUT2D eigenvalue weighted by Gasteiger charge is 2.19. The van der Waals surface area contributed by atoms with Gasteiger partial charge in [0.15, 0.2) is 6.10 Å². The molecule has 0 aromatic carbocycles. The number of esters is 3. The van der Waals surface area contributed by atoms with Crippen LogP contribution in [-0.2, 0) is 28.6 Å². The van der Waals surface area contributed by atoms with Gasteiger partial charge < -0.3 is 14.2 Å². The quantitative estimate of drug-likeness (QED) is 0.0261. The number of carbonyl (C=O) groups excluding carboxylic acids is 3. The molecule has 0 aromatic heterocycles. The molecule has 0 rings (SSSR count). The molecule has 470 valence electrons. The normalized spacial score (nSPS) is 12.5. The molecule has 0 aliphatic carbocycles. The molecular formula is C75H134O6. The molecular weight excluding hydrogens is 997 g/mol.